The summed E-state index contributed by atoms with van der Waals surface area (Å²) < 4.78 is 12.7. The van der Waals surface area contributed by atoms with Gasteiger partial charge in [0.05, 0.1) is 28.2 Å². The van der Waals surface area contributed by atoms with E-state index in [4.69, 9.17) is 20.2 Å². The Kier molecular flexibility index (Phi) is 10.0. The molecule has 294 valence electrons. The molecule has 7 rings (SSSR count). The summed E-state index contributed by atoms with van der Waals surface area (Å²) in [6.07, 6.45) is 10.7. The third-order valence-electron chi connectivity index (χ3n) is 17.2. The second kappa shape index (κ2) is 13.8. The molecule has 7 nitrogen and oxygen atoms in total. The van der Waals surface area contributed by atoms with Gasteiger partial charge in [0, 0.05) is 5.41 Å². The molecule has 0 bridgehead atoms. The van der Waals surface area contributed by atoms with Crippen molar-refractivity contribution in [3.05, 3.63) is 70.8 Å². The number of benzene rings is 1. The first-order valence-corrected chi connectivity index (χ1v) is 21.0. The Hall–Kier alpha value is -3.06. The minimum absolute atomic E-state index is 0.0289. The second-order valence-electron chi connectivity index (χ2n) is 19.9. The molecule has 11 atom stereocenters. The summed E-state index contributed by atoms with van der Waals surface area (Å²) in [4.78, 5) is 37.4. The first kappa shape index (κ1) is 39.2. The summed E-state index contributed by atoms with van der Waals surface area (Å²) in [7, 11) is 0. The maximum absolute atomic E-state index is 14.6. The maximum Gasteiger partial charge on any atom is 0.323 e. The lowest BCUT2D eigenvalue weighted by molar-refractivity contribution is -0.251. The van der Waals surface area contributed by atoms with Crippen molar-refractivity contribution in [2.24, 2.45) is 62.4 Å². The quantitative estimate of drug-likeness (QED) is 0.213. The van der Waals surface area contributed by atoms with E-state index in [1.54, 1.807) is 0 Å². The van der Waals surface area contributed by atoms with E-state index in [1.165, 1.54) is 12.0 Å². The highest BCUT2D eigenvalue weighted by atomic mass is 16.5. The average Bonchev–Trinajstić information content (AvgIpc) is 3.52. The molecular weight excluding hydrogens is 671 g/mol. The summed E-state index contributed by atoms with van der Waals surface area (Å²) in [5, 5.41) is 0. The van der Waals surface area contributed by atoms with Gasteiger partial charge in [0.2, 0.25) is 0 Å². The number of aromatic nitrogens is 2. The Morgan fingerprint density at radius 2 is 1.54 bits per heavy atom. The van der Waals surface area contributed by atoms with E-state index in [0.29, 0.717) is 30.1 Å². The molecule has 0 unspecified atom stereocenters. The van der Waals surface area contributed by atoms with Crippen LogP contribution in [-0.2, 0) is 32.1 Å². The van der Waals surface area contributed by atoms with Crippen LogP contribution in [0.1, 0.15) is 134 Å². The average molecular weight is 738 g/mol. The summed E-state index contributed by atoms with van der Waals surface area (Å²) in [5.74, 6) is 1.71. The summed E-state index contributed by atoms with van der Waals surface area (Å²) >= 11 is 0. The van der Waals surface area contributed by atoms with Crippen LogP contribution in [0.2, 0.25) is 0 Å². The number of fused-ring (bicyclic) bond motifs is 7. The van der Waals surface area contributed by atoms with Crippen LogP contribution >= 0.6 is 0 Å². The van der Waals surface area contributed by atoms with Gasteiger partial charge in [0.15, 0.2) is 0 Å². The van der Waals surface area contributed by atoms with Gasteiger partial charge in [-0.2, -0.15) is 0 Å². The number of nitrogens with two attached hydrogens (primary N) is 1. The lowest BCUT2D eigenvalue weighted by Gasteiger charge is -2.72. The number of esters is 2. The van der Waals surface area contributed by atoms with Gasteiger partial charge in [0.25, 0.3) is 0 Å². The number of carbonyl (C=O) groups is 2. The smallest absolute Gasteiger partial charge is 0.323 e. The molecule has 1 heterocycles. The summed E-state index contributed by atoms with van der Waals surface area (Å²) in [5.41, 5.74) is 11.8. The number of nitrogens with zero attached hydrogens (tertiary/aromatic N) is 2. The Bertz CT molecular complexity index is 1790. The molecule has 0 spiro atoms. The third-order valence-corrected chi connectivity index (χ3v) is 17.2. The largest absolute Gasteiger partial charge is 0.461 e. The molecule has 5 saturated carbocycles. The molecule has 5 aliphatic carbocycles. The van der Waals surface area contributed by atoms with Crippen molar-refractivity contribution < 1.29 is 19.1 Å². The van der Waals surface area contributed by atoms with Crippen LogP contribution in [0.25, 0.3) is 0 Å². The van der Waals surface area contributed by atoms with Crippen molar-refractivity contribution in [2.45, 2.75) is 152 Å². The van der Waals surface area contributed by atoms with Crippen molar-refractivity contribution in [3.8, 4) is 0 Å². The van der Waals surface area contributed by atoms with Crippen molar-refractivity contribution in [1.29, 1.82) is 0 Å². The monoisotopic (exact) mass is 738 g/mol. The van der Waals surface area contributed by atoms with E-state index in [2.05, 4.69) is 53.1 Å². The highest BCUT2D eigenvalue weighted by Gasteiger charge is 2.72. The number of ether oxygens (including phenoxy) is 2. The fourth-order valence-electron chi connectivity index (χ4n) is 14.0. The molecule has 5 aliphatic rings. The summed E-state index contributed by atoms with van der Waals surface area (Å²) in [6, 6.07) is 9.32. The van der Waals surface area contributed by atoms with Crippen molar-refractivity contribution in [3.63, 3.8) is 0 Å². The number of allylic oxidation sites excluding steroid dienone is 1. The topological polar surface area (TPSA) is 104 Å². The minimum Gasteiger partial charge on any atom is -0.461 e. The van der Waals surface area contributed by atoms with Crippen molar-refractivity contribution >= 4 is 11.9 Å². The molecule has 2 aromatic rings. The molecule has 7 heteroatoms. The van der Waals surface area contributed by atoms with E-state index >= 15 is 0 Å². The van der Waals surface area contributed by atoms with Gasteiger partial charge in [-0.25, -0.2) is 0 Å². The van der Waals surface area contributed by atoms with Gasteiger partial charge in [0.1, 0.15) is 18.8 Å². The zero-order chi connectivity index (χ0) is 39.0. The van der Waals surface area contributed by atoms with Gasteiger partial charge >= 0.3 is 11.9 Å². The first-order chi connectivity index (χ1) is 25.4. The normalized spacial score (nSPS) is 38.6. The number of hydrogen-bond acceptors (Lipinski definition) is 7. The molecule has 2 N–H and O–H groups in total. The second-order valence-corrected chi connectivity index (χ2v) is 19.9. The lowest BCUT2D eigenvalue weighted by Crippen LogP contribution is -2.67. The number of carbonyl (C=O) groups excluding carboxylic acids is 2. The molecule has 1 aromatic carbocycles. The molecule has 5 fully saturated rings. The lowest BCUT2D eigenvalue weighted by atomic mass is 9.32. The van der Waals surface area contributed by atoms with E-state index in [-0.39, 0.29) is 52.2 Å². The van der Waals surface area contributed by atoms with Crippen LogP contribution in [-0.4, -0.2) is 34.1 Å². The predicted molar refractivity (Wildman–Crippen MR) is 213 cm³/mol. The van der Waals surface area contributed by atoms with Crippen molar-refractivity contribution in [2.75, 3.05) is 0 Å². The van der Waals surface area contributed by atoms with Gasteiger partial charge in [-0.1, -0.05) is 77.1 Å². The number of hydrogen-bond donors (Lipinski definition) is 1. The van der Waals surface area contributed by atoms with Crippen LogP contribution in [0, 0.1) is 77.4 Å². The molecule has 0 saturated heterocycles. The Morgan fingerprint density at radius 3 is 2.24 bits per heavy atom. The van der Waals surface area contributed by atoms with Crippen LogP contribution < -0.4 is 5.73 Å². The maximum atomic E-state index is 14.6. The highest BCUT2D eigenvalue weighted by Crippen LogP contribution is 2.77. The molecular formula is C47H67N3O4. The predicted octanol–water partition coefficient (Wildman–Crippen LogP) is 9.58. The van der Waals surface area contributed by atoms with Gasteiger partial charge in [-0.3, -0.25) is 19.6 Å². The SMILES string of the molecule is C=C(C)[C@@H]1CC[C@]2(C(=O)OCc3nc(C)c(C)nc3C)CC[C@]3(C)[C@H](CC[C@@H]4[C@@]5(C)CC[C@H](OC(=O)[C@@H](N)Cc6ccccc6)C(C)(C)[C@@H]5CC[C@]43C)[C@@H]12. The zero-order valence-electron chi connectivity index (χ0n) is 34.7. The van der Waals surface area contributed by atoms with Crippen LogP contribution in [0.3, 0.4) is 0 Å². The van der Waals surface area contributed by atoms with Crippen LogP contribution in [0.15, 0.2) is 42.5 Å². The van der Waals surface area contributed by atoms with E-state index in [0.717, 1.165) is 86.1 Å². The van der Waals surface area contributed by atoms with Crippen LogP contribution in [0.4, 0.5) is 0 Å². The van der Waals surface area contributed by atoms with Crippen molar-refractivity contribution in [1.82, 2.24) is 9.97 Å². The molecule has 1 aromatic heterocycles. The molecule has 0 amide bonds. The highest BCUT2D eigenvalue weighted by molar-refractivity contribution is 5.78. The number of aryl methyl sites for hydroxylation is 3. The third kappa shape index (κ3) is 6.00. The Labute approximate surface area is 325 Å². The van der Waals surface area contributed by atoms with Crippen LogP contribution in [0.5, 0.6) is 0 Å². The Balaban J connectivity index is 1.11. The van der Waals surface area contributed by atoms with E-state index in [9.17, 15) is 9.59 Å². The van der Waals surface area contributed by atoms with Gasteiger partial charge in [-0.05, 0) is 150 Å². The fraction of sp³-hybridized carbons (Fsp3) is 0.702. The van der Waals surface area contributed by atoms with E-state index in [1.807, 2.05) is 51.1 Å². The summed E-state index contributed by atoms with van der Waals surface area (Å²) in [6.45, 7) is 25.3. The molecule has 0 aliphatic heterocycles. The zero-order valence-corrected chi connectivity index (χ0v) is 34.7. The molecule has 54 heavy (non-hydrogen) atoms. The minimum atomic E-state index is -0.666. The van der Waals surface area contributed by atoms with E-state index < -0.39 is 11.5 Å². The number of rotatable bonds is 8. The fourth-order valence-corrected chi connectivity index (χ4v) is 14.0. The van der Waals surface area contributed by atoms with Gasteiger partial charge in [-0.15, -0.1) is 0 Å². The van der Waals surface area contributed by atoms with Gasteiger partial charge < -0.3 is 15.2 Å². The Morgan fingerprint density at radius 1 is 0.833 bits per heavy atom. The standard InChI is InChI=1S/C47H67N3O4/c1-28(2)33-18-23-47(42(52)53-27-36-31(5)49-29(3)30(4)50-36)25-24-45(9)34(40(33)47)16-17-38-44(8)21-20-39(43(6,7)37(44)19-22-46(38,45)10)54-41(51)35(48)26-32-14-12-11-13-15-32/h11-15,33-35,37-40H,1,16-27,48H2,2-10H3/t33-,34+,35-,37-,38+,39-,40+,44-,45+,46+,47-/m0/s1. The molecule has 0 radical (unpaired) electrons. The first-order valence-electron chi connectivity index (χ1n) is 21.0.